The number of nitrogens with one attached hydrogen (secondary N) is 3. The van der Waals surface area contributed by atoms with E-state index in [4.69, 9.17) is 5.11 Å². The van der Waals surface area contributed by atoms with E-state index >= 15 is 0 Å². The molecule has 0 unspecified atom stereocenters. The number of aryl methyl sites for hydroxylation is 1. The molecule has 4 rings (SSSR count). The number of rotatable bonds is 8. The van der Waals surface area contributed by atoms with E-state index in [1.807, 2.05) is 19.1 Å². The molecule has 0 atom stereocenters. The fraction of sp³-hybridized carbons (Fsp3) is 0.222. The predicted octanol–water partition coefficient (Wildman–Crippen LogP) is 4.71. The molecule has 4 aromatic rings. The van der Waals surface area contributed by atoms with Crippen LogP contribution in [0.1, 0.15) is 45.0 Å². The zero-order valence-corrected chi connectivity index (χ0v) is 21.4. The Kier molecular flexibility index (Phi) is 7.47. The van der Waals surface area contributed by atoms with E-state index in [-0.39, 0.29) is 18.4 Å². The number of carbonyl (C=O) groups excluding carboxylic acids is 2. The monoisotopic (exact) mass is 514 g/mol. The lowest BCUT2D eigenvalue weighted by atomic mass is 9.85. The molecule has 0 spiro atoms. The molecule has 0 saturated heterocycles. The maximum absolute atomic E-state index is 13.0. The number of aliphatic hydroxyl groups excluding tert-OH is 1. The minimum Gasteiger partial charge on any atom is -0.395 e. The first-order valence-electron chi connectivity index (χ1n) is 11.6. The second-order valence-electron chi connectivity index (χ2n) is 8.96. The smallest absolute Gasteiger partial charge is 0.265 e. The van der Waals surface area contributed by atoms with Crippen molar-refractivity contribution < 1.29 is 14.7 Å². The molecule has 0 fully saturated rings. The van der Waals surface area contributed by atoms with Gasteiger partial charge in [-0.05, 0) is 62.2 Å². The van der Waals surface area contributed by atoms with Crippen molar-refractivity contribution in [3.05, 3.63) is 76.3 Å². The van der Waals surface area contributed by atoms with Crippen molar-refractivity contribution in [1.29, 1.82) is 5.26 Å². The Morgan fingerprint density at radius 2 is 1.92 bits per heavy atom. The van der Waals surface area contributed by atoms with Crippen LogP contribution in [0.15, 0.2) is 54.7 Å². The van der Waals surface area contributed by atoms with E-state index in [0.717, 1.165) is 11.1 Å². The van der Waals surface area contributed by atoms with Crippen molar-refractivity contribution in [2.45, 2.75) is 26.2 Å². The molecule has 9 nitrogen and oxygen atoms in total. The van der Waals surface area contributed by atoms with Gasteiger partial charge in [-0.1, -0.05) is 18.2 Å². The maximum Gasteiger partial charge on any atom is 0.265 e. The number of nitrogens with zero attached hydrogens (tertiary/aromatic N) is 3. The zero-order valence-electron chi connectivity index (χ0n) is 20.6. The van der Waals surface area contributed by atoms with E-state index in [9.17, 15) is 14.9 Å². The van der Waals surface area contributed by atoms with E-state index in [1.165, 1.54) is 11.3 Å². The van der Waals surface area contributed by atoms with Crippen LogP contribution in [0.25, 0.3) is 10.3 Å². The summed E-state index contributed by atoms with van der Waals surface area (Å²) in [6.45, 7) is 5.79. The number of carbonyl (C=O) groups is 2. The van der Waals surface area contributed by atoms with Gasteiger partial charge in [0.1, 0.15) is 16.2 Å². The quantitative estimate of drug-likeness (QED) is 0.267. The highest BCUT2D eigenvalue weighted by Crippen LogP contribution is 2.27. The lowest BCUT2D eigenvalue weighted by Gasteiger charge is -2.16. The van der Waals surface area contributed by atoms with Crippen LogP contribution in [0.3, 0.4) is 0 Å². The summed E-state index contributed by atoms with van der Waals surface area (Å²) >= 11 is 1.21. The summed E-state index contributed by atoms with van der Waals surface area (Å²) in [6.07, 6.45) is 1.56. The number of nitriles is 1. The molecule has 2 amide bonds. The summed E-state index contributed by atoms with van der Waals surface area (Å²) in [5.41, 5.74) is 2.99. The molecule has 10 heteroatoms. The number of thiophene rings is 1. The average Bonchev–Trinajstić information content (AvgIpc) is 3.33. The summed E-state index contributed by atoms with van der Waals surface area (Å²) in [5.74, 6) is -0.104. The van der Waals surface area contributed by atoms with Gasteiger partial charge in [0.2, 0.25) is 0 Å². The first kappa shape index (κ1) is 25.8. The molecule has 0 aliphatic rings. The summed E-state index contributed by atoms with van der Waals surface area (Å²) in [7, 11) is 0. The first-order valence-corrected chi connectivity index (χ1v) is 12.4. The van der Waals surface area contributed by atoms with Crippen LogP contribution in [0.4, 0.5) is 17.2 Å². The second-order valence-corrected chi connectivity index (χ2v) is 9.99. The Labute approximate surface area is 218 Å². The van der Waals surface area contributed by atoms with Gasteiger partial charge in [-0.15, -0.1) is 11.3 Å². The number of anilines is 3. The highest BCUT2D eigenvalue weighted by atomic mass is 32.1. The first-order chi connectivity index (χ1) is 17.7. The molecular weight excluding hydrogens is 488 g/mol. The number of fused-ring (bicyclic) bond motifs is 1. The number of hydrogen-bond acceptors (Lipinski definition) is 8. The van der Waals surface area contributed by atoms with E-state index in [1.54, 1.807) is 56.4 Å². The third kappa shape index (κ3) is 5.91. The lowest BCUT2D eigenvalue weighted by Crippen LogP contribution is -2.17. The van der Waals surface area contributed by atoms with Crippen LogP contribution >= 0.6 is 11.3 Å². The Bertz CT molecular complexity index is 1520. The largest absolute Gasteiger partial charge is 0.395 e. The molecule has 2 heterocycles. The summed E-state index contributed by atoms with van der Waals surface area (Å²) in [4.78, 5) is 35.7. The van der Waals surface area contributed by atoms with Crippen LogP contribution in [0.2, 0.25) is 0 Å². The van der Waals surface area contributed by atoms with Gasteiger partial charge in [0.05, 0.1) is 29.2 Å². The van der Waals surface area contributed by atoms with Crippen LogP contribution < -0.4 is 16.0 Å². The van der Waals surface area contributed by atoms with Crippen LogP contribution in [0, 0.1) is 18.3 Å². The third-order valence-corrected chi connectivity index (χ3v) is 6.77. The van der Waals surface area contributed by atoms with Crippen molar-refractivity contribution in [3.63, 3.8) is 0 Å². The number of benzene rings is 2. The molecular formula is C27H26N6O3S. The van der Waals surface area contributed by atoms with Crippen molar-refractivity contribution in [2.75, 3.05) is 29.1 Å². The van der Waals surface area contributed by atoms with Crippen molar-refractivity contribution >= 4 is 50.7 Å². The fourth-order valence-corrected chi connectivity index (χ4v) is 4.41. The third-order valence-electron chi connectivity index (χ3n) is 5.75. The Hall–Kier alpha value is -4.33. The molecule has 4 N–H and O–H groups in total. The van der Waals surface area contributed by atoms with Gasteiger partial charge in [0.15, 0.2) is 0 Å². The van der Waals surface area contributed by atoms with Gasteiger partial charge in [-0.3, -0.25) is 9.59 Å². The topological polar surface area (TPSA) is 140 Å². The molecule has 0 bridgehead atoms. The summed E-state index contributed by atoms with van der Waals surface area (Å²) in [6, 6.07) is 16.2. The summed E-state index contributed by atoms with van der Waals surface area (Å²) < 4.78 is 0. The Morgan fingerprint density at radius 1 is 1.11 bits per heavy atom. The Morgan fingerprint density at radius 3 is 2.68 bits per heavy atom. The normalized spacial score (nSPS) is 11.1. The zero-order chi connectivity index (χ0) is 26.6. The molecule has 37 heavy (non-hydrogen) atoms. The van der Waals surface area contributed by atoms with Gasteiger partial charge >= 0.3 is 0 Å². The molecule has 0 aliphatic heterocycles. The van der Waals surface area contributed by atoms with Gasteiger partial charge in [0, 0.05) is 23.5 Å². The SMILES string of the molecule is Cc1ccc(NC(=O)c2cccc(C(C)(C)C#N)c2)cc1NC(=O)c1cc2ncc(NCCO)nc2s1. The molecule has 0 aliphatic carbocycles. The lowest BCUT2D eigenvalue weighted by molar-refractivity contribution is 0.102. The van der Waals surface area contributed by atoms with Crippen LogP contribution in [-0.2, 0) is 5.41 Å². The fourth-order valence-electron chi connectivity index (χ4n) is 3.53. The van der Waals surface area contributed by atoms with Crippen molar-refractivity contribution in [2.24, 2.45) is 0 Å². The van der Waals surface area contributed by atoms with E-state index in [0.29, 0.717) is 44.5 Å². The van der Waals surface area contributed by atoms with Gasteiger partial charge in [-0.25, -0.2) is 9.97 Å². The van der Waals surface area contributed by atoms with E-state index < -0.39 is 5.41 Å². The number of aromatic nitrogens is 2. The average molecular weight is 515 g/mol. The van der Waals surface area contributed by atoms with Crippen LogP contribution in [0.5, 0.6) is 0 Å². The molecule has 2 aromatic heterocycles. The second kappa shape index (κ2) is 10.7. The minimum atomic E-state index is -0.716. The predicted molar refractivity (Wildman–Crippen MR) is 145 cm³/mol. The molecule has 188 valence electrons. The number of amides is 2. The molecule has 0 saturated carbocycles. The van der Waals surface area contributed by atoms with Crippen molar-refractivity contribution in [3.8, 4) is 6.07 Å². The summed E-state index contributed by atoms with van der Waals surface area (Å²) in [5, 5.41) is 27.1. The highest BCUT2D eigenvalue weighted by Gasteiger charge is 2.21. The van der Waals surface area contributed by atoms with Crippen molar-refractivity contribution in [1.82, 2.24) is 9.97 Å². The maximum atomic E-state index is 13.0. The van der Waals surface area contributed by atoms with Gasteiger partial charge in [0.25, 0.3) is 11.8 Å². The molecule has 2 aromatic carbocycles. The van der Waals surface area contributed by atoms with E-state index in [2.05, 4.69) is 32.0 Å². The number of hydrogen-bond donors (Lipinski definition) is 4. The number of aliphatic hydroxyl groups is 1. The van der Waals surface area contributed by atoms with Gasteiger partial charge < -0.3 is 21.1 Å². The minimum absolute atomic E-state index is 0.0254. The Balaban J connectivity index is 1.50. The van der Waals surface area contributed by atoms with Gasteiger partial charge in [-0.2, -0.15) is 5.26 Å². The van der Waals surface area contributed by atoms with Crippen LogP contribution in [-0.4, -0.2) is 40.0 Å². The highest BCUT2D eigenvalue weighted by molar-refractivity contribution is 7.20. The standard InChI is InChI=1S/C27H26N6O3S/c1-16-7-8-19(31-24(35)17-5-4-6-18(11-17)27(2,3)15-28)12-20(16)32-25(36)22-13-21-26(37-22)33-23(14-30-21)29-9-10-34/h4-8,11-14,34H,9-10H2,1-3H3,(H,29,33)(H,31,35)(H,32,36). The molecule has 0 radical (unpaired) electrons.